The second-order valence-electron chi connectivity index (χ2n) is 4.72. The molecule has 0 bridgehead atoms. The molecule has 1 aliphatic rings. The van der Waals surface area contributed by atoms with Crippen LogP contribution < -0.4 is 16.0 Å². The average molecular weight is 266 g/mol. The molecule has 0 spiro atoms. The molecule has 1 fully saturated rings. The molecule has 2 rings (SSSR count). The first-order valence-corrected chi connectivity index (χ1v) is 6.87. The van der Waals surface area contributed by atoms with E-state index in [2.05, 4.69) is 15.4 Å². The summed E-state index contributed by atoms with van der Waals surface area (Å²) in [7, 11) is 0. The zero-order valence-electron chi connectivity index (χ0n) is 11.4. The first-order chi connectivity index (χ1) is 9.31. The molecule has 1 heterocycles. The van der Waals surface area contributed by atoms with Gasteiger partial charge in [0.1, 0.15) is 12.4 Å². The van der Waals surface area contributed by atoms with E-state index in [0.29, 0.717) is 37.3 Å². The van der Waals surface area contributed by atoms with E-state index in [9.17, 15) is 0 Å². The summed E-state index contributed by atoms with van der Waals surface area (Å²) >= 11 is 0. The highest BCUT2D eigenvalue weighted by Crippen LogP contribution is 2.29. The summed E-state index contributed by atoms with van der Waals surface area (Å²) in [5.74, 6) is 7.89. The van der Waals surface area contributed by atoms with Crippen molar-refractivity contribution in [3.63, 3.8) is 0 Å². The van der Waals surface area contributed by atoms with Crippen LogP contribution in [0, 0.1) is 5.92 Å². The second-order valence-corrected chi connectivity index (χ2v) is 4.72. The van der Waals surface area contributed by atoms with Gasteiger partial charge in [0.25, 0.3) is 0 Å². The van der Waals surface area contributed by atoms with Crippen LogP contribution in [0.1, 0.15) is 38.4 Å². The van der Waals surface area contributed by atoms with Gasteiger partial charge in [0.2, 0.25) is 5.88 Å². The minimum Gasteiger partial charge on any atom is -0.478 e. The maximum absolute atomic E-state index is 5.67. The molecule has 6 nitrogen and oxygen atoms in total. The van der Waals surface area contributed by atoms with Gasteiger partial charge in [-0.05, 0) is 19.3 Å². The maximum Gasteiger partial charge on any atom is 0.218 e. The summed E-state index contributed by atoms with van der Waals surface area (Å²) in [6, 6.07) is 1.70. The molecule has 0 aliphatic heterocycles. The van der Waals surface area contributed by atoms with Crippen LogP contribution in [0.15, 0.2) is 6.07 Å². The Morgan fingerprint density at radius 1 is 1.42 bits per heavy atom. The van der Waals surface area contributed by atoms with E-state index in [0.717, 1.165) is 12.3 Å². The lowest BCUT2D eigenvalue weighted by Gasteiger charge is -2.24. The molecule has 1 aliphatic carbocycles. The van der Waals surface area contributed by atoms with Gasteiger partial charge in [-0.15, -0.1) is 0 Å². The molecule has 3 N–H and O–H groups in total. The van der Waals surface area contributed by atoms with Crippen molar-refractivity contribution in [1.29, 1.82) is 0 Å². The molecule has 0 saturated heterocycles. The normalized spacial score (nSPS) is 15.1. The van der Waals surface area contributed by atoms with E-state index in [4.69, 9.17) is 15.3 Å². The van der Waals surface area contributed by atoms with Crippen molar-refractivity contribution in [3.8, 4) is 5.88 Å². The zero-order valence-corrected chi connectivity index (χ0v) is 11.4. The number of nitrogen functional groups attached to an aromatic ring is 1. The number of nitrogens with zero attached hydrogens (tertiary/aromatic N) is 2. The van der Waals surface area contributed by atoms with Gasteiger partial charge in [0.15, 0.2) is 5.82 Å². The topological polar surface area (TPSA) is 82.3 Å². The molecule has 0 radical (unpaired) electrons. The van der Waals surface area contributed by atoms with Crippen molar-refractivity contribution < 1.29 is 9.47 Å². The molecule has 0 unspecified atom stereocenters. The number of rotatable bonds is 8. The summed E-state index contributed by atoms with van der Waals surface area (Å²) < 4.78 is 11.0. The number of ether oxygens (including phenoxy) is 2. The first kappa shape index (κ1) is 14.0. The molecule has 106 valence electrons. The van der Waals surface area contributed by atoms with E-state index in [-0.39, 0.29) is 0 Å². The van der Waals surface area contributed by atoms with Crippen molar-refractivity contribution >= 4 is 5.82 Å². The van der Waals surface area contributed by atoms with E-state index < -0.39 is 0 Å². The molecular formula is C13H22N4O2. The SMILES string of the molecule is CCOCc1nc(NN)cc(OCCC2CCC2)n1. The zero-order chi connectivity index (χ0) is 13.5. The smallest absolute Gasteiger partial charge is 0.218 e. The Hall–Kier alpha value is -1.40. The predicted octanol–water partition coefficient (Wildman–Crippen LogP) is 1.87. The summed E-state index contributed by atoms with van der Waals surface area (Å²) in [6.07, 6.45) is 5.12. The van der Waals surface area contributed by atoms with Gasteiger partial charge in [-0.2, -0.15) is 4.98 Å². The number of aromatic nitrogens is 2. The maximum atomic E-state index is 5.67. The molecule has 0 atom stereocenters. The summed E-state index contributed by atoms with van der Waals surface area (Å²) in [5, 5.41) is 0. The fourth-order valence-corrected chi connectivity index (χ4v) is 1.99. The Labute approximate surface area is 113 Å². The van der Waals surface area contributed by atoms with Gasteiger partial charge in [0, 0.05) is 12.7 Å². The van der Waals surface area contributed by atoms with Gasteiger partial charge in [-0.25, -0.2) is 10.8 Å². The number of nitrogens with two attached hydrogens (primary N) is 1. The van der Waals surface area contributed by atoms with Gasteiger partial charge < -0.3 is 14.9 Å². The molecular weight excluding hydrogens is 244 g/mol. The molecule has 1 saturated carbocycles. The third kappa shape index (κ3) is 4.33. The largest absolute Gasteiger partial charge is 0.478 e. The lowest BCUT2D eigenvalue weighted by molar-refractivity contribution is 0.127. The lowest BCUT2D eigenvalue weighted by atomic mass is 9.83. The molecule has 6 heteroatoms. The van der Waals surface area contributed by atoms with E-state index in [1.165, 1.54) is 19.3 Å². The Balaban J connectivity index is 1.89. The Bertz CT molecular complexity index is 396. The number of anilines is 1. The number of hydrazine groups is 1. The summed E-state index contributed by atoms with van der Waals surface area (Å²) in [6.45, 7) is 3.62. The molecule has 19 heavy (non-hydrogen) atoms. The third-order valence-electron chi connectivity index (χ3n) is 3.33. The highest BCUT2D eigenvalue weighted by atomic mass is 16.5. The number of nitrogens with one attached hydrogen (secondary N) is 1. The molecule has 0 amide bonds. The van der Waals surface area contributed by atoms with Crippen molar-refractivity contribution in [2.75, 3.05) is 18.6 Å². The first-order valence-electron chi connectivity index (χ1n) is 6.87. The van der Waals surface area contributed by atoms with E-state index in [1.54, 1.807) is 6.07 Å². The standard InChI is InChI=1S/C13H22N4O2/c1-2-18-9-12-15-11(17-14)8-13(16-12)19-7-6-10-4-3-5-10/h8,10H,2-7,9,14H2,1H3,(H,15,16,17). The van der Waals surface area contributed by atoms with Crippen LogP contribution >= 0.6 is 0 Å². The summed E-state index contributed by atoms with van der Waals surface area (Å²) in [5.41, 5.74) is 2.52. The molecule has 0 aromatic carbocycles. The van der Waals surface area contributed by atoms with Gasteiger partial charge in [-0.1, -0.05) is 19.3 Å². The fraction of sp³-hybridized carbons (Fsp3) is 0.692. The number of hydrogen-bond acceptors (Lipinski definition) is 6. The highest BCUT2D eigenvalue weighted by Gasteiger charge is 2.17. The van der Waals surface area contributed by atoms with Gasteiger partial charge in [-0.3, -0.25) is 0 Å². The van der Waals surface area contributed by atoms with Gasteiger partial charge in [0.05, 0.1) is 6.61 Å². The van der Waals surface area contributed by atoms with Crippen LogP contribution in [0.2, 0.25) is 0 Å². The minimum atomic E-state index is 0.366. The van der Waals surface area contributed by atoms with Crippen molar-refractivity contribution in [1.82, 2.24) is 9.97 Å². The van der Waals surface area contributed by atoms with Gasteiger partial charge >= 0.3 is 0 Å². The van der Waals surface area contributed by atoms with Crippen molar-refractivity contribution in [2.45, 2.75) is 39.2 Å². The quantitative estimate of drug-likeness (QED) is 0.552. The monoisotopic (exact) mass is 266 g/mol. The molecule has 1 aromatic heterocycles. The third-order valence-corrected chi connectivity index (χ3v) is 3.33. The Morgan fingerprint density at radius 3 is 2.89 bits per heavy atom. The van der Waals surface area contributed by atoms with Crippen LogP contribution in [0.5, 0.6) is 5.88 Å². The number of hydrogen-bond donors (Lipinski definition) is 2. The minimum absolute atomic E-state index is 0.366. The predicted molar refractivity (Wildman–Crippen MR) is 72.6 cm³/mol. The van der Waals surface area contributed by atoms with Crippen LogP contribution in [0.25, 0.3) is 0 Å². The summed E-state index contributed by atoms with van der Waals surface area (Å²) in [4.78, 5) is 8.51. The second kappa shape index (κ2) is 7.25. The Morgan fingerprint density at radius 2 is 2.26 bits per heavy atom. The van der Waals surface area contributed by atoms with E-state index >= 15 is 0 Å². The Kier molecular flexibility index (Phi) is 5.35. The van der Waals surface area contributed by atoms with Crippen molar-refractivity contribution in [3.05, 3.63) is 11.9 Å². The highest BCUT2D eigenvalue weighted by molar-refractivity contribution is 5.36. The van der Waals surface area contributed by atoms with E-state index in [1.807, 2.05) is 6.92 Å². The van der Waals surface area contributed by atoms with Crippen LogP contribution in [0.3, 0.4) is 0 Å². The van der Waals surface area contributed by atoms with Crippen LogP contribution in [0.4, 0.5) is 5.82 Å². The fourth-order valence-electron chi connectivity index (χ4n) is 1.99. The molecule has 1 aromatic rings. The average Bonchev–Trinajstić information content (AvgIpc) is 2.39. The van der Waals surface area contributed by atoms with Crippen molar-refractivity contribution in [2.24, 2.45) is 11.8 Å². The lowest BCUT2D eigenvalue weighted by Crippen LogP contribution is -2.16. The van der Waals surface area contributed by atoms with Crippen LogP contribution in [-0.2, 0) is 11.3 Å². The van der Waals surface area contributed by atoms with Crippen LogP contribution in [-0.4, -0.2) is 23.2 Å².